The fraction of sp³-hybridized carbons (Fsp3) is 0.235. The highest BCUT2D eigenvalue weighted by atomic mass is 16.4. The van der Waals surface area contributed by atoms with Gasteiger partial charge in [0.1, 0.15) is 5.82 Å². The summed E-state index contributed by atoms with van der Waals surface area (Å²) >= 11 is 0. The summed E-state index contributed by atoms with van der Waals surface area (Å²) in [5.74, 6) is -0.270. The number of aryl methyl sites for hydroxylation is 1. The molecular formula is C17H17N5O2. The molecule has 1 aromatic carbocycles. The predicted octanol–water partition coefficient (Wildman–Crippen LogP) is 2.11. The first-order valence-corrected chi connectivity index (χ1v) is 7.73. The molecule has 2 aromatic heterocycles. The van der Waals surface area contributed by atoms with E-state index in [4.69, 9.17) is 5.11 Å². The topological polar surface area (TPSA) is 85.0 Å². The molecule has 1 aliphatic rings. The van der Waals surface area contributed by atoms with Gasteiger partial charge < -0.3 is 15.0 Å². The van der Waals surface area contributed by atoms with E-state index in [0.717, 1.165) is 29.3 Å². The molecule has 3 heterocycles. The van der Waals surface area contributed by atoms with Crippen molar-refractivity contribution in [3.05, 3.63) is 65.0 Å². The van der Waals surface area contributed by atoms with E-state index in [2.05, 4.69) is 33.6 Å². The molecule has 0 spiro atoms. The number of benzene rings is 1. The number of anilines is 1. The Labute approximate surface area is 138 Å². The van der Waals surface area contributed by atoms with Crippen LogP contribution in [0.1, 0.15) is 33.1 Å². The van der Waals surface area contributed by atoms with Crippen LogP contribution in [0.3, 0.4) is 0 Å². The molecule has 0 saturated heterocycles. The second-order valence-corrected chi connectivity index (χ2v) is 5.95. The molecule has 0 saturated carbocycles. The first-order valence-electron chi connectivity index (χ1n) is 7.73. The van der Waals surface area contributed by atoms with Crippen molar-refractivity contribution in [2.24, 2.45) is 0 Å². The average molecular weight is 323 g/mol. The Morgan fingerprint density at radius 1 is 1.38 bits per heavy atom. The Morgan fingerprint density at radius 2 is 2.25 bits per heavy atom. The second kappa shape index (κ2) is 5.52. The number of carboxylic acid groups (broad SMARTS) is 1. The second-order valence-electron chi connectivity index (χ2n) is 5.95. The minimum absolute atomic E-state index is 0.0843. The molecule has 2 N–H and O–H groups in total. The van der Waals surface area contributed by atoms with Gasteiger partial charge in [-0.2, -0.15) is 5.10 Å². The van der Waals surface area contributed by atoms with E-state index in [9.17, 15) is 4.79 Å². The summed E-state index contributed by atoms with van der Waals surface area (Å²) in [7, 11) is 0. The molecule has 0 atom stereocenters. The Hall–Kier alpha value is -3.09. The zero-order valence-corrected chi connectivity index (χ0v) is 13.2. The molecule has 0 unspecified atom stereocenters. The number of hydrogen-bond donors (Lipinski definition) is 2. The van der Waals surface area contributed by atoms with Gasteiger partial charge in [0.2, 0.25) is 0 Å². The zero-order valence-electron chi connectivity index (χ0n) is 13.2. The normalized spacial score (nSPS) is 12.9. The SMILES string of the molecule is Cc1ccnn1Cc1ccc2c(c1)NCc1nc(C(=O)O)cn1C2. The van der Waals surface area contributed by atoms with Gasteiger partial charge in [-0.3, -0.25) is 4.68 Å². The highest BCUT2D eigenvalue weighted by Crippen LogP contribution is 2.24. The lowest BCUT2D eigenvalue weighted by Gasteiger charge is -2.11. The number of fused-ring (bicyclic) bond motifs is 2. The highest BCUT2D eigenvalue weighted by Gasteiger charge is 2.18. The summed E-state index contributed by atoms with van der Waals surface area (Å²) in [6.45, 7) is 3.87. The van der Waals surface area contributed by atoms with Crippen LogP contribution in [0.5, 0.6) is 0 Å². The van der Waals surface area contributed by atoms with Crippen molar-refractivity contribution in [2.45, 2.75) is 26.6 Å². The molecule has 0 fully saturated rings. The van der Waals surface area contributed by atoms with Gasteiger partial charge in [-0.15, -0.1) is 0 Å². The molecule has 7 nitrogen and oxygen atoms in total. The smallest absolute Gasteiger partial charge is 0.356 e. The Morgan fingerprint density at radius 3 is 3.00 bits per heavy atom. The van der Waals surface area contributed by atoms with Crippen LogP contribution >= 0.6 is 0 Å². The standard InChI is InChI=1S/C17H17N5O2/c1-11-4-5-19-22(11)8-12-2-3-13-9-21-10-15(17(23)24)20-16(21)7-18-14(13)6-12/h2-6,10,18H,7-9H2,1H3,(H,23,24). The third-order valence-corrected chi connectivity index (χ3v) is 4.29. The fourth-order valence-electron chi connectivity index (χ4n) is 2.95. The number of hydrogen-bond acceptors (Lipinski definition) is 4. The van der Waals surface area contributed by atoms with Crippen LogP contribution in [0.15, 0.2) is 36.7 Å². The number of carboxylic acids is 1. The van der Waals surface area contributed by atoms with Crippen LogP contribution < -0.4 is 5.32 Å². The van der Waals surface area contributed by atoms with Crippen molar-refractivity contribution in [3.8, 4) is 0 Å². The summed E-state index contributed by atoms with van der Waals surface area (Å²) in [5.41, 5.74) is 4.54. The lowest BCUT2D eigenvalue weighted by molar-refractivity contribution is 0.0691. The van der Waals surface area contributed by atoms with Crippen molar-refractivity contribution in [1.29, 1.82) is 0 Å². The number of nitrogens with one attached hydrogen (secondary N) is 1. The molecule has 1 aliphatic heterocycles. The number of rotatable bonds is 3. The Kier molecular flexibility index (Phi) is 3.34. The van der Waals surface area contributed by atoms with Crippen molar-refractivity contribution < 1.29 is 9.90 Å². The van der Waals surface area contributed by atoms with Gasteiger partial charge in [-0.05, 0) is 30.2 Å². The fourth-order valence-corrected chi connectivity index (χ4v) is 2.95. The molecule has 0 amide bonds. The zero-order chi connectivity index (χ0) is 16.7. The summed E-state index contributed by atoms with van der Waals surface area (Å²) in [5, 5.41) is 16.8. The van der Waals surface area contributed by atoms with Crippen LogP contribution in [0, 0.1) is 6.92 Å². The van der Waals surface area contributed by atoms with Crippen LogP contribution in [0.25, 0.3) is 0 Å². The molecule has 0 aliphatic carbocycles. The maximum Gasteiger partial charge on any atom is 0.356 e. The van der Waals surface area contributed by atoms with Gasteiger partial charge in [0.25, 0.3) is 0 Å². The summed E-state index contributed by atoms with van der Waals surface area (Å²) < 4.78 is 3.85. The predicted molar refractivity (Wildman–Crippen MR) is 88.1 cm³/mol. The molecule has 7 heteroatoms. The monoisotopic (exact) mass is 323 g/mol. The number of aromatic carboxylic acids is 1. The Balaban J connectivity index is 1.62. The maximum absolute atomic E-state index is 11.1. The molecular weight excluding hydrogens is 306 g/mol. The van der Waals surface area contributed by atoms with Crippen molar-refractivity contribution >= 4 is 11.7 Å². The van der Waals surface area contributed by atoms with E-state index >= 15 is 0 Å². The maximum atomic E-state index is 11.1. The first kappa shape index (κ1) is 14.5. The molecule has 0 bridgehead atoms. The van der Waals surface area contributed by atoms with E-state index in [0.29, 0.717) is 13.1 Å². The third-order valence-electron chi connectivity index (χ3n) is 4.29. The van der Waals surface area contributed by atoms with Crippen LogP contribution in [-0.2, 0) is 19.6 Å². The van der Waals surface area contributed by atoms with E-state index in [1.54, 1.807) is 12.4 Å². The van der Waals surface area contributed by atoms with E-state index in [1.807, 2.05) is 22.2 Å². The molecule has 122 valence electrons. The average Bonchev–Trinajstić information content (AvgIpc) is 3.10. The van der Waals surface area contributed by atoms with Gasteiger partial charge >= 0.3 is 5.97 Å². The molecule has 24 heavy (non-hydrogen) atoms. The van der Waals surface area contributed by atoms with E-state index in [1.165, 1.54) is 5.56 Å². The minimum Gasteiger partial charge on any atom is -0.476 e. The van der Waals surface area contributed by atoms with E-state index in [-0.39, 0.29) is 5.69 Å². The quantitative estimate of drug-likeness (QED) is 0.771. The van der Waals surface area contributed by atoms with Crippen LogP contribution in [-0.4, -0.2) is 30.4 Å². The number of carbonyl (C=O) groups is 1. The number of imidazole rings is 1. The van der Waals surface area contributed by atoms with Gasteiger partial charge in [0.05, 0.1) is 19.6 Å². The van der Waals surface area contributed by atoms with Gasteiger partial charge in [0.15, 0.2) is 5.69 Å². The summed E-state index contributed by atoms with van der Waals surface area (Å²) in [6.07, 6.45) is 3.39. The van der Waals surface area contributed by atoms with E-state index < -0.39 is 5.97 Å². The van der Waals surface area contributed by atoms with Crippen LogP contribution in [0.2, 0.25) is 0 Å². The molecule has 4 rings (SSSR count). The molecule has 3 aromatic rings. The minimum atomic E-state index is -0.999. The lowest BCUT2D eigenvalue weighted by Crippen LogP contribution is -2.05. The van der Waals surface area contributed by atoms with Crippen molar-refractivity contribution in [3.63, 3.8) is 0 Å². The van der Waals surface area contributed by atoms with Gasteiger partial charge in [-0.25, -0.2) is 9.78 Å². The summed E-state index contributed by atoms with van der Waals surface area (Å²) in [6, 6.07) is 8.27. The lowest BCUT2D eigenvalue weighted by atomic mass is 10.1. The third kappa shape index (κ3) is 2.54. The number of aromatic nitrogens is 4. The largest absolute Gasteiger partial charge is 0.476 e. The molecule has 0 radical (unpaired) electrons. The van der Waals surface area contributed by atoms with Gasteiger partial charge in [-0.1, -0.05) is 12.1 Å². The van der Waals surface area contributed by atoms with Crippen molar-refractivity contribution in [1.82, 2.24) is 19.3 Å². The van der Waals surface area contributed by atoms with Crippen LogP contribution in [0.4, 0.5) is 5.69 Å². The first-order chi connectivity index (χ1) is 11.6. The highest BCUT2D eigenvalue weighted by molar-refractivity contribution is 5.85. The number of nitrogens with zero attached hydrogens (tertiary/aromatic N) is 4. The summed E-state index contributed by atoms with van der Waals surface area (Å²) in [4.78, 5) is 15.2. The Bertz CT molecular complexity index is 925. The van der Waals surface area contributed by atoms with Gasteiger partial charge in [0, 0.05) is 23.8 Å². The van der Waals surface area contributed by atoms with Crippen molar-refractivity contribution in [2.75, 3.05) is 5.32 Å².